The number of thiocarbonyl (C=S) groups is 1. The monoisotopic (exact) mass is 286 g/mol. The quantitative estimate of drug-likeness (QED) is 0.522. The lowest BCUT2D eigenvalue weighted by molar-refractivity contribution is -0.146. The number of nitrogens with one attached hydrogen (secondary N) is 1. The number of carbonyl (C=O) groups is 2. The minimum Gasteiger partial charge on any atom is -0.392 e. The van der Waals surface area contributed by atoms with E-state index < -0.39 is 11.8 Å². The largest absolute Gasteiger partial charge is 0.392 e. The molecule has 0 bridgehead atoms. The molecule has 1 heterocycles. The second kappa shape index (κ2) is 7.40. The molecular formula is C12H22N4O2S. The fourth-order valence-electron chi connectivity index (χ4n) is 2.04. The van der Waals surface area contributed by atoms with E-state index in [0.29, 0.717) is 19.0 Å². The molecule has 0 aromatic rings. The second-order valence-corrected chi connectivity index (χ2v) is 5.66. The average Bonchev–Trinajstić information content (AvgIpc) is 2.35. The van der Waals surface area contributed by atoms with Crippen molar-refractivity contribution in [3.8, 4) is 0 Å². The Balaban J connectivity index is 2.36. The maximum Gasteiger partial charge on any atom is 0.311 e. The highest BCUT2D eigenvalue weighted by Gasteiger charge is 2.25. The summed E-state index contributed by atoms with van der Waals surface area (Å²) in [5.41, 5.74) is 5.27. The van der Waals surface area contributed by atoms with Gasteiger partial charge < -0.3 is 16.0 Å². The Morgan fingerprint density at radius 3 is 2.32 bits per heavy atom. The third kappa shape index (κ3) is 5.52. The van der Waals surface area contributed by atoms with Gasteiger partial charge >= 0.3 is 11.8 Å². The summed E-state index contributed by atoms with van der Waals surface area (Å²) in [4.78, 5) is 27.5. The topological polar surface area (TPSA) is 78.7 Å². The van der Waals surface area contributed by atoms with Gasteiger partial charge in [-0.25, -0.2) is 0 Å². The standard InChI is InChI=1S/C12H22N4O2S/c1-9(2)8-15-3-5-16(6-4-15)12(18)11(17)14-7-10(13)19/h9H,3-8H2,1-2H3,(H2,13,19)(H,14,17). The molecule has 2 amide bonds. The second-order valence-electron chi connectivity index (χ2n) is 5.14. The molecule has 0 saturated carbocycles. The van der Waals surface area contributed by atoms with E-state index in [1.54, 1.807) is 4.90 Å². The van der Waals surface area contributed by atoms with E-state index in [1.807, 2.05) is 0 Å². The molecule has 108 valence electrons. The van der Waals surface area contributed by atoms with Gasteiger partial charge in [-0.1, -0.05) is 26.1 Å². The van der Waals surface area contributed by atoms with Crippen LogP contribution >= 0.6 is 12.2 Å². The van der Waals surface area contributed by atoms with E-state index in [0.717, 1.165) is 19.6 Å². The summed E-state index contributed by atoms with van der Waals surface area (Å²) in [6, 6.07) is 0. The molecular weight excluding hydrogens is 264 g/mol. The lowest BCUT2D eigenvalue weighted by Crippen LogP contribution is -2.53. The van der Waals surface area contributed by atoms with Gasteiger partial charge in [-0.15, -0.1) is 0 Å². The zero-order valence-corrected chi connectivity index (χ0v) is 12.3. The van der Waals surface area contributed by atoms with Crippen LogP contribution in [0.2, 0.25) is 0 Å². The van der Waals surface area contributed by atoms with Crippen LogP contribution in [0.4, 0.5) is 0 Å². The molecule has 19 heavy (non-hydrogen) atoms. The summed E-state index contributed by atoms with van der Waals surface area (Å²) in [6.07, 6.45) is 0. The van der Waals surface area contributed by atoms with E-state index >= 15 is 0 Å². The van der Waals surface area contributed by atoms with Gasteiger partial charge in [0.1, 0.15) is 0 Å². The summed E-state index contributed by atoms with van der Waals surface area (Å²) in [5, 5.41) is 2.41. The van der Waals surface area contributed by atoms with Gasteiger partial charge in [-0.05, 0) is 5.92 Å². The maximum atomic E-state index is 11.9. The maximum absolute atomic E-state index is 11.9. The molecule has 0 unspecified atom stereocenters. The van der Waals surface area contributed by atoms with Crippen molar-refractivity contribution < 1.29 is 9.59 Å². The molecule has 1 fully saturated rings. The lowest BCUT2D eigenvalue weighted by Gasteiger charge is -2.35. The zero-order valence-electron chi connectivity index (χ0n) is 11.5. The van der Waals surface area contributed by atoms with E-state index in [-0.39, 0.29) is 11.5 Å². The highest BCUT2D eigenvalue weighted by atomic mass is 32.1. The molecule has 0 aliphatic carbocycles. The van der Waals surface area contributed by atoms with Crippen LogP contribution in [0.3, 0.4) is 0 Å². The van der Waals surface area contributed by atoms with Crippen molar-refractivity contribution in [2.45, 2.75) is 13.8 Å². The highest BCUT2D eigenvalue weighted by molar-refractivity contribution is 7.80. The van der Waals surface area contributed by atoms with Crippen molar-refractivity contribution >= 4 is 29.0 Å². The molecule has 0 aromatic carbocycles. The summed E-state index contributed by atoms with van der Waals surface area (Å²) < 4.78 is 0. The van der Waals surface area contributed by atoms with Crippen molar-refractivity contribution in [3.05, 3.63) is 0 Å². The van der Waals surface area contributed by atoms with Crippen molar-refractivity contribution in [3.63, 3.8) is 0 Å². The van der Waals surface area contributed by atoms with Crippen LogP contribution in [0.15, 0.2) is 0 Å². The fourth-order valence-corrected chi connectivity index (χ4v) is 2.11. The zero-order chi connectivity index (χ0) is 14.4. The molecule has 1 aliphatic heterocycles. The predicted molar refractivity (Wildman–Crippen MR) is 77.7 cm³/mol. The first-order valence-corrected chi connectivity index (χ1v) is 6.88. The average molecular weight is 286 g/mol. The Bertz CT molecular complexity index is 352. The third-order valence-corrected chi connectivity index (χ3v) is 3.04. The minimum absolute atomic E-state index is 0.0627. The van der Waals surface area contributed by atoms with Gasteiger partial charge in [0.25, 0.3) is 0 Å². The minimum atomic E-state index is -0.634. The van der Waals surface area contributed by atoms with Crippen LogP contribution in [0.5, 0.6) is 0 Å². The molecule has 6 nitrogen and oxygen atoms in total. The van der Waals surface area contributed by atoms with Gasteiger partial charge in [0.15, 0.2) is 0 Å². The van der Waals surface area contributed by atoms with Crippen LogP contribution < -0.4 is 11.1 Å². The fraction of sp³-hybridized carbons (Fsp3) is 0.750. The summed E-state index contributed by atoms with van der Waals surface area (Å²) >= 11 is 4.64. The number of carbonyl (C=O) groups excluding carboxylic acids is 2. The first-order valence-electron chi connectivity index (χ1n) is 6.48. The predicted octanol–water partition coefficient (Wildman–Crippen LogP) is -0.811. The molecule has 1 aliphatic rings. The third-order valence-electron chi connectivity index (χ3n) is 2.90. The Morgan fingerprint density at radius 1 is 1.26 bits per heavy atom. The smallest absolute Gasteiger partial charge is 0.311 e. The Kier molecular flexibility index (Phi) is 6.17. The van der Waals surface area contributed by atoms with Crippen LogP contribution in [-0.4, -0.2) is 65.9 Å². The number of nitrogens with zero attached hydrogens (tertiary/aromatic N) is 2. The molecule has 3 N–H and O–H groups in total. The number of nitrogens with two attached hydrogens (primary N) is 1. The molecule has 1 rings (SSSR count). The summed E-state index contributed by atoms with van der Waals surface area (Å²) in [5.74, 6) is -0.526. The van der Waals surface area contributed by atoms with E-state index in [4.69, 9.17) is 5.73 Å². The summed E-state index contributed by atoms with van der Waals surface area (Å²) in [7, 11) is 0. The van der Waals surface area contributed by atoms with Crippen molar-refractivity contribution in [2.24, 2.45) is 11.7 Å². The number of rotatable bonds is 4. The Labute approximate surface area is 119 Å². The van der Waals surface area contributed by atoms with Gasteiger partial charge in [0.2, 0.25) is 0 Å². The number of hydrogen-bond donors (Lipinski definition) is 2. The first kappa shape index (κ1) is 15.8. The van der Waals surface area contributed by atoms with E-state index in [9.17, 15) is 9.59 Å². The first-order chi connectivity index (χ1) is 8.90. The van der Waals surface area contributed by atoms with Gasteiger partial charge in [0, 0.05) is 32.7 Å². The highest BCUT2D eigenvalue weighted by Crippen LogP contribution is 2.05. The molecule has 0 aromatic heterocycles. The number of amides is 2. The SMILES string of the molecule is CC(C)CN1CCN(C(=O)C(=O)NCC(N)=S)CC1. The normalized spacial score (nSPS) is 16.5. The number of hydrogen-bond acceptors (Lipinski definition) is 4. The van der Waals surface area contributed by atoms with Crippen LogP contribution in [0.1, 0.15) is 13.8 Å². The lowest BCUT2D eigenvalue weighted by atomic mass is 10.2. The van der Waals surface area contributed by atoms with E-state index in [1.165, 1.54) is 0 Å². The van der Waals surface area contributed by atoms with Gasteiger partial charge in [-0.3, -0.25) is 14.5 Å². The van der Waals surface area contributed by atoms with Gasteiger partial charge in [-0.2, -0.15) is 0 Å². The Morgan fingerprint density at radius 2 is 1.84 bits per heavy atom. The Hall–Kier alpha value is -1.21. The van der Waals surface area contributed by atoms with Crippen LogP contribution in [0, 0.1) is 5.92 Å². The van der Waals surface area contributed by atoms with Gasteiger partial charge in [0.05, 0.1) is 11.5 Å². The molecule has 0 spiro atoms. The molecule has 7 heteroatoms. The van der Waals surface area contributed by atoms with Crippen LogP contribution in [0.25, 0.3) is 0 Å². The van der Waals surface area contributed by atoms with E-state index in [2.05, 4.69) is 36.3 Å². The molecule has 1 saturated heterocycles. The van der Waals surface area contributed by atoms with Crippen molar-refractivity contribution in [1.82, 2.24) is 15.1 Å². The van der Waals surface area contributed by atoms with Crippen LogP contribution in [-0.2, 0) is 9.59 Å². The van der Waals surface area contributed by atoms with Crippen molar-refractivity contribution in [2.75, 3.05) is 39.3 Å². The molecule has 0 atom stereocenters. The molecule has 0 radical (unpaired) electrons. The number of piperazine rings is 1. The van der Waals surface area contributed by atoms with Crippen molar-refractivity contribution in [1.29, 1.82) is 0 Å². The summed E-state index contributed by atoms with van der Waals surface area (Å²) in [6.45, 7) is 8.22.